The van der Waals surface area contributed by atoms with Gasteiger partial charge in [0.05, 0.1) is 6.54 Å². The standard InChI is InChI=1S/C16H24N4O/c1-16(2,3)20-8-6-19(7-9-20)11-15-18-13-5-4-12(17)10-14(13)21-15/h4-5,10H,6-9,11,17H2,1-3H3. The van der Waals surface area contributed by atoms with Gasteiger partial charge in [-0.25, -0.2) is 4.98 Å². The van der Waals surface area contributed by atoms with Crippen LogP contribution < -0.4 is 5.73 Å². The number of rotatable bonds is 2. The van der Waals surface area contributed by atoms with Crippen LogP contribution in [0.2, 0.25) is 0 Å². The number of benzene rings is 1. The maximum atomic E-state index is 5.80. The number of nitrogens with zero attached hydrogens (tertiary/aromatic N) is 3. The Morgan fingerprint density at radius 2 is 1.90 bits per heavy atom. The molecule has 0 unspecified atom stereocenters. The summed E-state index contributed by atoms with van der Waals surface area (Å²) in [6.07, 6.45) is 0. The summed E-state index contributed by atoms with van der Waals surface area (Å²) in [5.74, 6) is 0.778. The first kappa shape index (κ1) is 14.4. The fraction of sp³-hybridized carbons (Fsp3) is 0.562. The third kappa shape index (κ3) is 3.19. The van der Waals surface area contributed by atoms with Gasteiger partial charge in [-0.3, -0.25) is 9.80 Å². The minimum absolute atomic E-state index is 0.251. The second kappa shape index (κ2) is 5.31. The second-order valence-electron chi connectivity index (χ2n) is 6.77. The second-order valence-corrected chi connectivity index (χ2v) is 6.77. The van der Waals surface area contributed by atoms with E-state index in [2.05, 4.69) is 35.6 Å². The molecule has 1 aromatic heterocycles. The molecule has 0 saturated carbocycles. The summed E-state index contributed by atoms with van der Waals surface area (Å²) in [6.45, 7) is 11.9. The van der Waals surface area contributed by atoms with Gasteiger partial charge in [0.25, 0.3) is 0 Å². The van der Waals surface area contributed by atoms with Gasteiger partial charge in [0, 0.05) is 43.5 Å². The van der Waals surface area contributed by atoms with E-state index in [1.165, 1.54) is 0 Å². The molecular formula is C16H24N4O. The van der Waals surface area contributed by atoms with Crippen LogP contribution in [-0.4, -0.2) is 46.5 Å². The van der Waals surface area contributed by atoms with Crippen LogP contribution in [-0.2, 0) is 6.54 Å². The molecule has 1 aliphatic rings. The Balaban J connectivity index is 1.64. The molecule has 0 amide bonds. The van der Waals surface area contributed by atoms with Crippen LogP contribution in [0.15, 0.2) is 22.6 Å². The zero-order valence-electron chi connectivity index (χ0n) is 13.1. The van der Waals surface area contributed by atoms with Gasteiger partial charge in [-0.05, 0) is 32.9 Å². The molecule has 3 rings (SSSR count). The molecule has 0 aliphatic carbocycles. The van der Waals surface area contributed by atoms with Gasteiger partial charge in [0.1, 0.15) is 5.52 Å². The highest BCUT2D eigenvalue weighted by Crippen LogP contribution is 2.21. The minimum atomic E-state index is 0.251. The molecule has 0 bridgehead atoms. The van der Waals surface area contributed by atoms with E-state index >= 15 is 0 Å². The first-order chi connectivity index (χ1) is 9.91. The van der Waals surface area contributed by atoms with Crippen LogP contribution in [0.3, 0.4) is 0 Å². The van der Waals surface area contributed by atoms with Crippen molar-refractivity contribution in [2.45, 2.75) is 32.9 Å². The summed E-state index contributed by atoms with van der Waals surface area (Å²) in [5, 5.41) is 0. The topological polar surface area (TPSA) is 58.5 Å². The molecule has 21 heavy (non-hydrogen) atoms. The van der Waals surface area contributed by atoms with Crippen LogP contribution in [0.1, 0.15) is 26.7 Å². The molecule has 114 valence electrons. The Kier molecular flexibility index (Phi) is 3.63. The van der Waals surface area contributed by atoms with E-state index in [1.54, 1.807) is 0 Å². The number of hydrogen-bond donors (Lipinski definition) is 1. The summed E-state index contributed by atoms with van der Waals surface area (Å²) in [5.41, 5.74) is 8.39. The first-order valence-electron chi connectivity index (χ1n) is 7.54. The number of nitrogen functional groups attached to an aromatic ring is 1. The number of oxazole rings is 1. The zero-order chi connectivity index (χ0) is 15.0. The van der Waals surface area contributed by atoms with E-state index in [1.807, 2.05) is 18.2 Å². The quantitative estimate of drug-likeness (QED) is 0.859. The number of piperazine rings is 1. The highest BCUT2D eigenvalue weighted by Gasteiger charge is 2.26. The van der Waals surface area contributed by atoms with Crippen molar-refractivity contribution in [3.8, 4) is 0 Å². The van der Waals surface area contributed by atoms with Crippen LogP contribution in [0.4, 0.5) is 5.69 Å². The van der Waals surface area contributed by atoms with Crippen molar-refractivity contribution in [1.82, 2.24) is 14.8 Å². The lowest BCUT2D eigenvalue weighted by Gasteiger charge is -2.41. The molecule has 5 heteroatoms. The predicted molar refractivity (Wildman–Crippen MR) is 85.0 cm³/mol. The average Bonchev–Trinajstić information content (AvgIpc) is 2.79. The van der Waals surface area contributed by atoms with Crippen molar-refractivity contribution < 1.29 is 4.42 Å². The van der Waals surface area contributed by atoms with Crippen LogP contribution in [0.25, 0.3) is 11.1 Å². The Labute approximate surface area is 125 Å². The van der Waals surface area contributed by atoms with Crippen LogP contribution in [0, 0.1) is 0 Å². The lowest BCUT2D eigenvalue weighted by atomic mass is 10.1. The largest absolute Gasteiger partial charge is 0.439 e. The highest BCUT2D eigenvalue weighted by molar-refractivity contribution is 5.76. The monoisotopic (exact) mass is 288 g/mol. The van der Waals surface area contributed by atoms with Gasteiger partial charge < -0.3 is 10.2 Å². The summed E-state index contributed by atoms with van der Waals surface area (Å²) >= 11 is 0. The molecule has 2 N–H and O–H groups in total. The number of nitrogens with two attached hydrogens (primary N) is 1. The number of fused-ring (bicyclic) bond motifs is 1. The van der Waals surface area contributed by atoms with Crippen molar-refractivity contribution >= 4 is 16.8 Å². The Bertz CT molecular complexity index is 621. The van der Waals surface area contributed by atoms with E-state index in [4.69, 9.17) is 10.2 Å². The smallest absolute Gasteiger partial charge is 0.209 e. The maximum absolute atomic E-state index is 5.80. The van der Waals surface area contributed by atoms with E-state index < -0.39 is 0 Å². The Hall–Kier alpha value is -1.59. The van der Waals surface area contributed by atoms with Crippen molar-refractivity contribution in [3.63, 3.8) is 0 Å². The molecule has 5 nitrogen and oxygen atoms in total. The summed E-state index contributed by atoms with van der Waals surface area (Å²) in [7, 11) is 0. The maximum Gasteiger partial charge on any atom is 0.209 e. The Morgan fingerprint density at radius 3 is 2.57 bits per heavy atom. The van der Waals surface area contributed by atoms with Gasteiger partial charge in [-0.15, -0.1) is 0 Å². The van der Waals surface area contributed by atoms with Crippen LogP contribution >= 0.6 is 0 Å². The van der Waals surface area contributed by atoms with E-state index in [0.29, 0.717) is 5.69 Å². The molecule has 2 heterocycles. The molecule has 1 aliphatic heterocycles. The molecule has 1 fully saturated rings. The molecule has 0 spiro atoms. The summed E-state index contributed by atoms with van der Waals surface area (Å²) < 4.78 is 5.80. The van der Waals surface area contributed by atoms with Crippen molar-refractivity contribution in [2.75, 3.05) is 31.9 Å². The first-order valence-corrected chi connectivity index (χ1v) is 7.54. The van der Waals surface area contributed by atoms with E-state index in [-0.39, 0.29) is 5.54 Å². The van der Waals surface area contributed by atoms with Gasteiger partial charge >= 0.3 is 0 Å². The average molecular weight is 288 g/mol. The van der Waals surface area contributed by atoms with Crippen molar-refractivity contribution in [1.29, 1.82) is 0 Å². The van der Waals surface area contributed by atoms with Gasteiger partial charge in [0.15, 0.2) is 5.58 Å². The zero-order valence-corrected chi connectivity index (χ0v) is 13.1. The van der Waals surface area contributed by atoms with E-state index in [0.717, 1.165) is 49.7 Å². The molecule has 0 atom stereocenters. The van der Waals surface area contributed by atoms with Gasteiger partial charge in [-0.1, -0.05) is 0 Å². The predicted octanol–water partition coefficient (Wildman–Crippen LogP) is 2.33. The van der Waals surface area contributed by atoms with Crippen molar-refractivity contribution in [2.24, 2.45) is 0 Å². The fourth-order valence-electron chi connectivity index (χ4n) is 2.82. The molecule has 1 saturated heterocycles. The SMILES string of the molecule is CC(C)(C)N1CCN(Cc2nc3ccc(N)cc3o2)CC1. The summed E-state index contributed by atoms with van der Waals surface area (Å²) in [4.78, 5) is 9.46. The molecule has 2 aromatic rings. The molecular weight excluding hydrogens is 264 g/mol. The summed E-state index contributed by atoms with van der Waals surface area (Å²) in [6, 6.07) is 5.61. The molecule has 1 aromatic carbocycles. The third-order valence-corrected chi connectivity index (χ3v) is 4.14. The lowest BCUT2D eigenvalue weighted by Crippen LogP contribution is -2.53. The highest BCUT2D eigenvalue weighted by atomic mass is 16.3. The van der Waals surface area contributed by atoms with Gasteiger partial charge in [-0.2, -0.15) is 0 Å². The normalized spacial score (nSPS) is 18.4. The number of anilines is 1. The van der Waals surface area contributed by atoms with Gasteiger partial charge in [0.2, 0.25) is 5.89 Å². The lowest BCUT2D eigenvalue weighted by molar-refractivity contribution is 0.0557. The number of hydrogen-bond acceptors (Lipinski definition) is 5. The number of aromatic nitrogens is 1. The molecule has 0 radical (unpaired) electrons. The minimum Gasteiger partial charge on any atom is -0.439 e. The van der Waals surface area contributed by atoms with Crippen molar-refractivity contribution in [3.05, 3.63) is 24.1 Å². The van der Waals surface area contributed by atoms with Crippen LogP contribution in [0.5, 0.6) is 0 Å². The fourth-order valence-corrected chi connectivity index (χ4v) is 2.82. The third-order valence-electron chi connectivity index (χ3n) is 4.14. The van der Waals surface area contributed by atoms with E-state index in [9.17, 15) is 0 Å². The Morgan fingerprint density at radius 1 is 1.19 bits per heavy atom.